The van der Waals surface area contributed by atoms with Gasteiger partial charge in [0.2, 0.25) is 0 Å². The van der Waals surface area contributed by atoms with Gasteiger partial charge in [-0.2, -0.15) is 13.2 Å². The lowest BCUT2D eigenvalue weighted by molar-refractivity contribution is -0.141. The van der Waals surface area contributed by atoms with Gasteiger partial charge in [-0.15, -0.1) is 0 Å². The Bertz CT molecular complexity index is 544. The number of hydrogen-bond donors (Lipinski definition) is 1. The Labute approximate surface area is 120 Å². The lowest BCUT2D eigenvalue weighted by Gasteiger charge is -2.18. The molecule has 1 fully saturated rings. The van der Waals surface area contributed by atoms with Crippen LogP contribution < -0.4 is 0 Å². The van der Waals surface area contributed by atoms with Gasteiger partial charge in [0.1, 0.15) is 5.69 Å². The maximum Gasteiger partial charge on any atom is 0.433 e. The zero-order valence-corrected chi connectivity index (χ0v) is 11.8. The first-order valence-electron chi connectivity index (χ1n) is 6.75. The first kappa shape index (κ1) is 15.8. The number of carbonyl (C=O) groups is 1. The average Bonchev–Trinajstić information content (AvgIpc) is 2.83. The topological polar surface area (TPSA) is 53.4 Å². The Hall–Kier alpha value is -1.63. The third-order valence-corrected chi connectivity index (χ3v) is 3.42. The second-order valence-corrected chi connectivity index (χ2v) is 5.51. The van der Waals surface area contributed by atoms with Crippen LogP contribution in [0.1, 0.15) is 47.9 Å². The van der Waals surface area contributed by atoms with Crippen LogP contribution in [0.3, 0.4) is 0 Å². The summed E-state index contributed by atoms with van der Waals surface area (Å²) in [6.45, 7) is 3.94. The van der Waals surface area contributed by atoms with Crippen LogP contribution in [0.5, 0.6) is 0 Å². The molecule has 1 unspecified atom stereocenters. The Morgan fingerprint density at radius 1 is 1.43 bits per heavy atom. The van der Waals surface area contributed by atoms with Crippen LogP contribution in [0.15, 0.2) is 12.1 Å². The fourth-order valence-electron chi connectivity index (χ4n) is 2.23. The lowest BCUT2D eigenvalue weighted by atomic mass is 10.1. The first-order chi connectivity index (χ1) is 9.68. The number of aliphatic hydroxyl groups is 1. The van der Waals surface area contributed by atoms with E-state index in [-0.39, 0.29) is 23.7 Å². The molecule has 0 aliphatic carbocycles. The molecule has 2 heterocycles. The largest absolute Gasteiger partial charge is 0.433 e. The molecule has 0 spiro atoms. The van der Waals surface area contributed by atoms with Crippen LogP contribution in [0.25, 0.3) is 0 Å². The summed E-state index contributed by atoms with van der Waals surface area (Å²) >= 11 is 0. The van der Waals surface area contributed by atoms with Gasteiger partial charge in [0.05, 0.1) is 6.10 Å². The maximum atomic E-state index is 12.9. The van der Waals surface area contributed by atoms with Gasteiger partial charge in [0, 0.05) is 24.3 Å². The molecule has 1 aromatic rings. The molecule has 1 aromatic heterocycles. The number of β-amino-alcohol motifs (C(OH)–C–C–N with tert-alkyl or cyclic N) is 1. The highest BCUT2D eigenvalue weighted by atomic mass is 19.4. The highest BCUT2D eigenvalue weighted by Gasteiger charge is 2.35. The molecular formula is C14H17F3N2O2. The van der Waals surface area contributed by atoms with Gasteiger partial charge in [0.25, 0.3) is 5.91 Å². The number of alkyl halides is 3. The quantitative estimate of drug-likeness (QED) is 0.913. The Morgan fingerprint density at radius 2 is 2.10 bits per heavy atom. The van der Waals surface area contributed by atoms with Crippen LogP contribution in [0, 0.1) is 0 Å². The molecule has 116 valence electrons. The van der Waals surface area contributed by atoms with Crippen molar-refractivity contribution in [1.82, 2.24) is 9.88 Å². The minimum Gasteiger partial charge on any atom is -0.391 e. The van der Waals surface area contributed by atoms with Crippen LogP contribution in [0.2, 0.25) is 0 Å². The van der Waals surface area contributed by atoms with Crippen molar-refractivity contribution in [3.8, 4) is 0 Å². The molecule has 21 heavy (non-hydrogen) atoms. The van der Waals surface area contributed by atoms with Crippen molar-refractivity contribution in [3.05, 3.63) is 29.1 Å². The molecule has 1 aliphatic heterocycles. The molecule has 1 atom stereocenters. The molecule has 1 saturated heterocycles. The lowest BCUT2D eigenvalue weighted by Crippen LogP contribution is -2.30. The molecule has 0 bridgehead atoms. The van der Waals surface area contributed by atoms with Crippen LogP contribution >= 0.6 is 0 Å². The standard InChI is InChI=1S/C14H17F3N2O2/c1-8(2)11-5-9(6-12(18-11)14(15,16)17)13(21)19-4-3-10(20)7-19/h5-6,8,10,20H,3-4,7H2,1-2H3. The van der Waals surface area contributed by atoms with E-state index in [0.29, 0.717) is 13.0 Å². The minimum atomic E-state index is -4.59. The summed E-state index contributed by atoms with van der Waals surface area (Å²) in [5, 5.41) is 9.44. The van der Waals surface area contributed by atoms with Crippen molar-refractivity contribution in [2.75, 3.05) is 13.1 Å². The second kappa shape index (κ2) is 5.63. The smallest absolute Gasteiger partial charge is 0.391 e. The van der Waals surface area contributed by atoms with Crippen LogP contribution in [-0.2, 0) is 6.18 Å². The molecule has 2 rings (SSSR count). The fraction of sp³-hybridized carbons (Fsp3) is 0.571. The second-order valence-electron chi connectivity index (χ2n) is 5.51. The SMILES string of the molecule is CC(C)c1cc(C(=O)N2CCC(O)C2)cc(C(F)(F)F)n1. The van der Waals surface area contributed by atoms with Gasteiger partial charge in [-0.3, -0.25) is 4.79 Å². The summed E-state index contributed by atoms with van der Waals surface area (Å²) in [6.07, 6.45) is -4.76. The Morgan fingerprint density at radius 3 is 2.57 bits per heavy atom. The average molecular weight is 302 g/mol. The number of carbonyl (C=O) groups excluding carboxylic acids is 1. The summed E-state index contributed by atoms with van der Waals surface area (Å²) in [6, 6.07) is 2.17. The van der Waals surface area contributed by atoms with E-state index in [1.807, 2.05) is 0 Å². The first-order valence-corrected chi connectivity index (χ1v) is 6.75. The number of hydrogen-bond acceptors (Lipinski definition) is 3. The van der Waals surface area contributed by atoms with Crippen LogP contribution in [0.4, 0.5) is 13.2 Å². The van der Waals surface area contributed by atoms with Crippen molar-refractivity contribution in [3.63, 3.8) is 0 Å². The zero-order valence-electron chi connectivity index (χ0n) is 11.8. The number of rotatable bonds is 2. The number of likely N-dealkylation sites (tertiary alicyclic amines) is 1. The number of halogens is 3. The van der Waals surface area contributed by atoms with Crippen molar-refractivity contribution in [2.24, 2.45) is 0 Å². The Balaban J connectivity index is 2.38. The summed E-state index contributed by atoms with van der Waals surface area (Å²) in [5.41, 5.74) is -0.861. The van der Waals surface area contributed by atoms with Crippen molar-refractivity contribution in [2.45, 2.75) is 38.5 Å². The van der Waals surface area contributed by atoms with E-state index in [4.69, 9.17) is 0 Å². The van der Waals surface area contributed by atoms with Crippen molar-refractivity contribution in [1.29, 1.82) is 0 Å². The molecule has 0 radical (unpaired) electrons. The van der Waals surface area contributed by atoms with E-state index < -0.39 is 23.9 Å². The molecule has 1 N–H and O–H groups in total. The van der Waals surface area contributed by atoms with E-state index in [1.165, 1.54) is 11.0 Å². The van der Waals surface area contributed by atoms with Crippen molar-refractivity contribution >= 4 is 5.91 Å². The molecule has 1 aliphatic rings. The van der Waals surface area contributed by atoms with Crippen LogP contribution in [-0.4, -0.2) is 40.1 Å². The number of aliphatic hydroxyl groups excluding tert-OH is 1. The summed E-state index contributed by atoms with van der Waals surface area (Å²) in [7, 11) is 0. The highest BCUT2D eigenvalue weighted by Crippen LogP contribution is 2.30. The van der Waals surface area contributed by atoms with Gasteiger partial charge in [-0.1, -0.05) is 13.8 Å². The van der Waals surface area contributed by atoms with Crippen molar-refractivity contribution < 1.29 is 23.1 Å². The van der Waals surface area contributed by atoms with E-state index in [9.17, 15) is 23.1 Å². The number of nitrogens with zero attached hydrogens (tertiary/aromatic N) is 2. The molecular weight excluding hydrogens is 285 g/mol. The van der Waals surface area contributed by atoms with E-state index in [2.05, 4.69) is 4.98 Å². The summed E-state index contributed by atoms with van der Waals surface area (Å²) in [5.74, 6) is -0.718. The van der Waals surface area contributed by atoms with Gasteiger partial charge in [-0.25, -0.2) is 4.98 Å². The van der Waals surface area contributed by atoms with E-state index >= 15 is 0 Å². The third kappa shape index (κ3) is 3.53. The molecule has 4 nitrogen and oxygen atoms in total. The fourth-order valence-corrected chi connectivity index (χ4v) is 2.23. The number of aromatic nitrogens is 1. The third-order valence-electron chi connectivity index (χ3n) is 3.42. The number of amides is 1. The maximum absolute atomic E-state index is 12.9. The predicted molar refractivity (Wildman–Crippen MR) is 69.9 cm³/mol. The van der Waals surface area contributed by atoms with Gasteiger partial charge < -0.3 is 10.0 Å². The summed E-state index contributed by atoms with van der Waals surface area (Å²) in [4.78, 5) is 17.2. The molecule has 0 aromatic carbocycles. The van der Waals surface area contributed by atoms with Gasteiger partial charge >= 0.3 is 6.18 Å². The Kier molecular flexibility index (Phi) is 4.22. The number of pyridine rings is 1. The molecule has 1 amide bonds. The molecule has 0 saturated carbocycles. The van der Waals surface area contributed by atoms with Gasteiger partial charge in [0.15, 0.2) is 0 Å². The minimum absolute atomic E-state index is 0.0323. The monoisotopic (exact) mass is 302 g/mol. The predicted octanol–water partition coefficient (Wildman–Crippen LogP) is 2.43. The summed E-state index contributed by atoms with van der Waals surface area (Å²) < 4.78 is 38.7. The molecule has 7 heteroatoms. The zero-order chi connectivity index (χ0) is 15.8. The van der Waals surface area contributed by atoms with Gasteiger partial charge in [-0.05, 0) is 24.5 Å². The van der Waals surface area contributed by atoms with E-state index in [0.717, 1.165) is 6.07 Å². The highest BCUT2D eigenvalue weighted by molar-refractivity contribution is 5.94. The van der Waals surface area contributed by atoms with E-state index in [1.54, 1.807) is 13.8 Å². The normalized spacial score (nSPS) is 19.4.